The van der Waals surface area contributed by atoms with E-state index in [1.165, 1.54) is 0 Å². The zero-order chi connectivity index (χ0) is 8.48. The predicted molar refractivity (Wildman–Crippen MR) is 56.6 cm³/mol. The fourth-order valence-corrected chi connectivity index (χ4v) is 3.05. The van der Waals surface area contributed by atoms with Gasteiger partial charge in [-0.15, -0.1) is 11.6 Å². The van der Waals surface area contributed by atoms with Crippen LogP contribution in [-0.2, 0) is 0 Å². The van der Waals surface area contributed by atoms with Crippen LogP contribution in [0.1, 0.15) is 12.8 Å². The van der Waals surface area contributed by atoms with Crippen molar-refractivity contribution in [1.82, 2.24) is 0 Å². The molecule has 0 aliphatic heterocycles. The average molecular weight is 305 g/mol. The molecule has 0 aromatic heterocycles. The van der Waals surface area contributed by atoms with Crippen molar-refractivity contribution in [2.45, 2.75) is 17.8 Å². The van der Waals surface area contributed by atoms with Gasteiger partial charge in [0, 0.05) is 10.7 Å². The largest absolute Gasteiger partial charge is 0.312 e. The molecule has 2 N–H and O–H groups in total. The first-order valence-corrected chi connectivity index (χ1v) is 6.36. The summed E-state index contributed by atoms with van der Waals surface area (Å²) in [4.78, 5) is -0.401. The molecule has 2 atom stereocenters. The third-order valence-corrected chi connectivity index (χ3v) is 3.83. The first-order valence-electron chi connectivity index (χ1n) is 3.74. The maximum atomic E-state index is 6.07. The van der Waals surface area contributed by atoms with Crippen LogP contribution in [0.5, 0.6) is 0 Å². The van der Waals surface area contributed by atoms with Crippen LogP contribution in [-0.4, -0.2) is 15.7 Å². The Bertz CT molecular complexity index is 126. The van der Waals surface area contributed by atoms with Gasteiger partial charge in [0.15, 0.2) is 0 Å². The Morgan fingerprint density at radius 3 is 1.82 bits per heavy atom. The highest BCUT2D eigenvalue weighted by atomic mass is 79.9. The number of hydrogen-bond donors (Lipinski definition) is 1. The van der Waals surface area contributed by atoms with Gasteiger partial charge in [0.2, 0.25) is 0 Å². The van der Waals surface area contributed by atoms with E-state index in [1.54, 1.807) is 0 Å². The van der Waals surface area contributed by atoms with Crippen LogP contribution < -0.4 is 5.73 Å². The molecule has 1 fully saturated rings. The van der Waals surface area contributed by atoms with Crippen LogP contribution in [0.3, 0.4) is 0 Å². The number of alkyl halides is 3. The maximum Gasteiger partial charge on any atom is 0.0975 e. The molecule has 2 unspecified atom stereocenters. The lowest BCUT2D eigenvalue weighted by molar-refractivity contribution is 0.675. The standard InChI is InChI=1S/C7H12Br2ClN/c8-3-1-5-6(2-4-9)7(5,10)11/h5-6H,1-4,11H2. The second-order valence-corrected chi connectivity index (χ2v) is 5.24. The smallest absolute Gasteiger partial charge is 0.0975 e. The predicted octanol–water partition coefficient (Wildman–Crippen LogP) is 2.70. The highest BCUT2D eigenvalue weighted by molar-refractivity contribution is 9.09. The summed E-state index contributed by atoms with van der Waals surface area (Å²) in [6.45, 7) is 0. The minimum Gasteiger partial charge on any atom is -0.312 e. The monoisotopic (exact) mass is 303 g/mol. The second-order valence-electron chi connectivity index (χ2n) is 3.00. The van der Waals surface area contributed by atoms with E-state index in [9.17, 15) is 0 Å². The minimum absolute atomic E-state index is 0.401. The molecule has 0 aromatic carbocycles. The van der Waals surface area contributed by atoms with E-state index >= 15 is 0 Å². The molecule has 66 valence electrons. The van der Waals surface area contributed by atoms with E-state index in [0.717, 1.165) is 23.5 Å². The van der Waals surface area contributed by atoms with E-state index < -0.39 is 5.00 Å². The number of hydrogen-bond acceptors (Lipinski definition) is 1. The summed E-state index contributed by atoms with van der Waals surface area (Å²) in [7, 11) is 0. The number of nitrogens with two attached hydrogens (primary N) is 1. The zero-order valence-corrected chi connectivity index (χ0v) is 10.1. The quantitative estimate of drug-likeness (QED) is 0.627. The molecule has 0 radical (unpaired) electrons. The van der Waals surface area contributed by atoms with Crippen molar-refractivity contribution in [3.63, 3.8) is 0 Å². The van der Waals surface area contributed by atoms with Crippen LogP contribution in [0.4, 0.5) is 0 Å². The summed E-state index contributed by atoms with van der Waals surface area (Å²) in [6.07, 6.45) is 2.19. The van der Waals surface area contributed by atoms with Crippen LogP contribution in [0.25, 0.3) is 0 Å². The molecule has 1 rings (SSSR count). The zero-order valence-electron chi connectivity index (χ0n) is 6.19. The van der Waals surface area contributed by atoms with Gasteiger partial charge in [-0.05, 0) is 24.7 Å². The van der Waals surface area contributed by atoms with Crippen molar-refractivity contribution in [3.05, 3.63) is 0 Å². The van der Waals surface area contributed by atoms with Gasteiger partial charge in [0.25, 0.3) is 0 Å². The molecule has 1 aliphatic rings. The van der Waals surface area contributed by atoms with Crippen molar-refractivity contribution in [2.24, 2.45) is 17.6 Å². The Labute approximate surface area is 89.3 Å². The van der Waals surface area contributed by atoms with Crippen molar-refractivity contribution in [1.29, 1.82) is 0 Å². The number of halogens is 3. The lowest BCUT2D eigenvalue weighted by atomic mass is 10.2. The van der Waals surface area contributed by atoms with Gasteiger partial charge < -0.3 is 5.73 Å². The fourth-order valence-electron chi connectivity index (χ4n) is 1.60. The van der Waals surface area contributed by atoms with Crippen LogP contribution in [0, 0.1) is 11.8 Å². The topological polar surface area (TPSA) is 26.0 Å². The van der Waals surface area contributed by atoms with Gasteiger partial charge >= 0.3 is 0 Å². The average Bonchev–Trinajstić information content (AvgIpc) is 2.41. The van der Waals surface area contributed by atoms with Gasteiger partial charge in [-0.3, -0.25) is 0 Å². The number of rotatable bonds is 4. The summed E-state index contributed by atoms with van der Waals surface area (Å²) >= 11 is 12.9. The van der Waals surface area contributed by atoms with Crippen molar-refractivity contribution in [2.75, 3.05) is 10.7 Å². The lowest BCUT2D eigenvalue weighted by Gasteiger charge is -1.97. The molecule has 11 heavy (non-hydrogen) atoms. The molecule has 1 saturated carbocycles. The third-order valence-electron chi connectivity index (χ3n) is 2.35. The van der Waals surface area contributed by atoms with Gasteiger partial charge in [0.05, 0.1) is 5.00 Å². The summed E-state index contributed by atoms with van der Waals surface area (Å²) in [6, 6.07) is 0. The van der Waals surface area contributed by atoms with E-state index in [2.05, 4.69) is 31.9 Å². The normalized spacial score (nSPS) is 42.5. The Morgan fingerprint density at radius 2 is 1.55 bits per heavy atom. The van der Waals surface area contributed by atoms with Crippen molar-refractivity contribution in [3.8, 4) is 0 Å². The molecule has 1 nitrogen and oxygen atoms in total. The Morgan fingerprint density at radius 1 is 1.18 bits per heavy atom. The van der Waals surface area contributed by atoms with E-state index in [1.807, 2.05) is 0 Å². The Kier molecular flexibility index (Phi) is 3.69. The summed E-state index contributed by atoms with van der Waals surface area (Å²) in [5.74, 6) is 1.03. The van der Waals surface area contributed by atoms with E-state index in [0.29, 0.717) is 11.8 Å². The van der Waals surface area contributed by atoms with Gasteiger partial charge in [-0.25, -0.2) is 0 Å². The summed E-state index contributed by atoms with van der Waals surface area (Å²) in [5.41, 5.74) is 5.85. The highest BCUT2D eigenvalue weighted by Gasteiger charge is 2.59. The molecular weight excluding hydrogens is 293 g/mol. The maximum absolute atomic E-state index is 6.07. The highest BCUT2D eigenvalue weighted by Crippen LogP contribution is 2.55. The van der Waals surface area contributed by atoms with E-state index in [4.69, 9.17) is 17.3 Å². The molecule has 0 spiro atoms. The van der Waals surface area contributed by atoms with Crippen LogP contribution >= 0.6 is 43.5 Å². The molecule has 0 heterocycles. The molecule has 0 aromatic rings. The van der Waals surface area contributed by atoms with Gasteiger partial charge in [-0.1, -0.05) is 31.9 Å². The first-order chi connectivity index (χ1) is 5.14. The van der Waals surface area contributed by atoms with Gasteiger partial charge in [0.1, 0.15) is 0 Å². The third kappa shape index (κ3) is 2.11. The SMILES string of the molecule is NC1(Cl)C(CCBr)C1CCBr. The first kappa shape index (κ1) is 10.3. The molecular formula is C7H12Br2ClN. The molecule has 0 saturated heterocycles. The summed E-state index contributed by atoms with van der Waals surface area (Å²) < 4.78 is 0. The van der Waals surface area contributed by atoms with Crippen LogP contribution in [0.15, 0.2) is 0 Å². The lowest BCUT2D eigenvalue weighted by Crippen LogP contribution is -2.18. The van der Waals surface area contributed by atoms with Crippen LogP contribution in [0.2, 0.25) is 0 Å². The molecule has 1 aliphatic carbocycles. The molecule has 0 bridgehead atoms. The second kappa shape index (κ2) is 3.95. The van der Waals surface area contributed by atoms with Gasteiger partial charge in [-0.2, -0.15) is 0 Å². The van der Waals surface area contributed by atoms with E-state index in [-0.39, 0.29) is 0 Å². The summed E-state index contributed by atoms with van der Waals surface area (Å²) in [5, 5.41) is 2.00. The minimum atomic E-state index is -0.401. The van der Waals surface area contributed by atoms with Crippen molar-refractivity contribution >= 4 is 43.5 Å². The molecule has 4 heteroatoms. The Hall–Kier alpha value is 1.21. The molecule has 0 amide bonds. The fraction of sp³-hybridized carbons (Fsp3) is 1.00. The van der Waals surface area contributed by atoms with Crippen molar-refractivity contribution < 1.29 is 0 Å². The Balaban J connectivity index is 2.34.